The molecule has 0 atom stereocenters. The van der Waals surface area contributed by atoms with E-state index in [9.17, 15) is 0 Å². The van der Waals surface area contributed by atoms with Gasteiger partial charge < -0.3 is 10.1 Å². The molecule has 2 rings (SSSR count). The number of hydrogen-bond donors (Lipinski definition) is 1. The molecule has 6 nitrogen and oxygen atoms in total. The lowest BCUT2D eigenvalue weighted by molar-refractivity contribution is 0.128. The number of ether oxygens (including phenoxy) is 1. The molecule has 0 aliphatic rings. The Kier molecular flexibility index (Phi) is 4.90. The minimum absolute atomic E-state index is 0.402. The van der Waals surface area contributed by atoms with Gasteiger partial charge in [0.15, 0.2) is 11.6 Å². The number of hydrogen-bond acceptors (Lipinski definition) is 5. The summed E-state index contributed by atoms with van der Waals surface area (Å²) in [7, 11) is 1.84. The van der Waals surface area contributed by atoms with Crippen molar-refractivity contribution in [3.8, 4) is 5.82 Å². The van der Waals surface area contributed by atoms with Gasteiger partial charge in [0, 0.05) is 25.4 Å². The molecule has 0 aromatic carbocycles. The van der Waals surface area contributed by atoms with E-state index in [1.165, 1.54) is 5.56 Å². The Balaban J connectivity index is 2.47. The lowest BCUT2D eigenvalue weighted by Gasteiger charge is -2.09. The molecule has 0 radical (unpaired) electrons. The molecule has 0 amide bonds. The number of nitrogens with zero attached hydrogens (tertiary/aromatic N) is 4. The van der Waals surface area contributed by atoms with Crippen LogP contribution in [0, 0.1) is 13.8 Å². The van der Waals surface area contributed by atoms with Gasteiger partial charge >= 0.3 is 0 Å². The monoisotopic (exact) mass is 289 g/mol. The highest BCUT2D eigenvalue weighted by Gasteiger charge is 2.14. The van der Waals surface area contributed by atoms with Crippen LogP contribution in [0.4, 0.5) is 5.82 Å². The molecule has 0 spiro atoms. The quantitative estimate of drug-likeness (QED) is 0.884. The van der Waals surface area contributed by atoms with Crippen molar-refractivity contribution in [2.24, 2.45) is 0 Å². The average molecular weight is 289 g/mol. The summed E-state index contributed by atoms with van der Waals surface area (Å²) < 4.78 is 7.29. The zero-order valence-electron chi connectivity index (χ0n) is 13.4. The van der Waals surface area contributed by atoms with Crippen LogP contribution in [0.2, 0.25) is 0 Å². The molecule has 0 fully saturated rings. The zero-order chi connectivity index (χ0) is 15.4. The number of anilines is 1. The normalized spacial score (nSPS) is 10.9. The van der Waals surface area contributed by atoms with E-state index in [0.717, 1.165) is 29.4 Å². The van der Waals surface area contributed by atoms with Crippen LogP contribution in [-0.2, 0) is 17.8 Å². The lowest BCUT2D eigenvalue weighted by atomic mass is 10.1. The molecule has 0 bridgehead atoms. The fraction of sp³-hybridized carbons (Fsp3) is 0.533. The van der Waals surface area contributed by atoms with Crippen LogP contribution >= 0.6 is 0 Å². The molecule has 2 aromatic rings. The molecule has 0 unspecified atom stereocenters. The van der Waals surface area contributed by atoms with E-state index in [1.54, 1.807) is 0 Å². The minimum Gasteiger partial charge on any atom is -0.374 e. The SMILES string of the molecule is CCOCc1nc(NC)cc(-n2nc(C)c(CC)c2C)n1. The van der Waals surface area contributed by atoms with Crippen LogP contribution < -0.4 is 5.32 Å². The fourth-order valence-electron chi connectivity index (χ4n) is 2.39. The topological polar surface area (TPSA) is 64.9 Å². The summed E-state index contributed by atoms with van der Waals surface area (Å²) >= 11 is 0. The molecule has 2 heterocycles. The van der Waals surface area contributed by atoms with Crippen molar-refractivity contribution in [2.45, 2.75) is 40.7 Å². The van der Waals surface area contributed by atoms with Crippen molar-refractivity contribution in [1.29, 1.82) is 0 Å². The van der Waals surface area contributed by atoms with Gasteiger partial charge in [0.25, 0.3) is 0 Å². The summed E-state index contributed by atoms with van der Waals surface area (Å²) in [6.45, 7) is 9.24. The van der Waals surface area contributed by atoms with Gasteiger partial charge in [-0.05, 0) is 32.8 Å². The van der Waals surface area contributed by atoms with E-state index in [1.807, 2.05) is 31.6 Å². The third-order valence-electron chi connectivity index (χ3n) is 3.46. The summed E-state index contributed by atoms with van der Waals surface area (Å²) in [5.74, 6) is 2.19. The van der Waals surface area contributed by atoms with Gasteiger partial charge in [0.05, 0.1) is 5.69 Å². The molecular formula is C15H23N5O. The largest absolute Gasteiger partial charge is 0.374 e. The number of aryl methyl sites for hydroxylation is 1. The van der Waals surface area contributed by atoms with Crippen LogP contribution in [0.25, 0.3) is 5.82 Å². The third kappa shape index (κ3) is 3.21. The first-order chi connectivity index (χ1) is 10.1. The van der Waals surface area contributed by atoms with Crippen LogP contribution in [-0.4, -0.2) is 33.4 Å². The first kappa shape index (κ1) is 15.4. The van der Waals surface area contributed by atoms with Crippen molar-refractivity contribution in [2.75, 3.05) is 19.0 Å². The van der Waals surface area contributed by atoms with Gasteiger partial charge in [-0.2, -0.15) is 5.10 Å². The minimum atomic E-state index is 0.402. The van der Waals surface area contributed by atoms with Gasteiger partial charge in [-0.25, -0.2) is 14.6 Å². The molecule has 2 aromatic heterocycles. The van der Waals surface area contributed by atoms with Crippen molar-refractivity contribution in [3.05, 3.63) is 28.8 Å². The predicted molar refractivity (Wildman–Crippen MR) is 82.9 cm³/mol. The van der Waals surface area contributed by atoms with Gasteiger partial charge in [-0.3, -0.25) is 0 Å². The summed E-state index contributed by atoms with van der Waals surface area (Å²) in [6, 6.07) is 1.90. The standard InChI is InChI=1S/C15H23N5O/c1-6-12-10(3)19-20(11(12)4)15-8-13(16-5)17-14(18-15)9-21-7-2/h8H,6-7,9H2,1-5H3,(H,16,17,18). The first-order valence-electron chi connectivity index (χ1n) is 7.29. The maximum atomic E-state index is 5.41. The van der Waals surface area contributed by atoms with Crippen LogP contribution in [0.3, 0.4) is 0 Å². The number of nitrogens with one attached hydrogen (secondary N) is 1. The van der Waals surface area contributed by atoms with Gasteiger partial charge in [0.2, 0.25) is 0 Å². The molecular weight excluding hydrogens is 266 g/mol. The molecule has 0 aliphatic heterocycles. The predicted octanol–water partition coefficient (Wildman–Crippen LogP) is 2.42. The fourth-order valence-corrected chi connectivity index (χ4v) is 2.39. The van der Waals surface area contributed by atoms with Gasteiger partial charge in [-0.15, -0.1) is 0 Å². The van der Waals surface area contributed by atoms with Crippen molar-refractivity contribution in [3.63, 3.8) is 0 Å². The number of rotatable bonds is 6. The molecule has 6 heteroatoms. The Labute approximate surface area is 125 Å². The molecule has 0 saturated carbocycles. The summed E-state index contributed by atoms with van der Waals surface area (Å²) in [5, 5.41) is 7.67. The Morgan fingerprint density at radius 2 is 2.00 bits per heavy atom. The Morgan fingerprint density at radius 1 is 1.24 bits per heavy atom. The summed E-state index contributed by atoms with van der Waals surface area (Å²) in [4.78, 5) is 8.97. The maximum absolute atomic E-state index is 5.41. The van der Waals surface area contributed by atoms with E-state index in [-0.39, 0.29) is 0 Å². The molecule has 21 heavy (non-hydrogen) atoms. The molecule has 0 aliphatic carbocycles. The zero-order valence-corrected chi connectivity index (χ0v) is 13.4. The second-order valence-electron chi connectivity index (χ2n) is 4.83. The maximum Gasteiger partial charge on any atom is 0.159 e. The number of aromatic nitrogens is 4. The van der Waals surface area contributed by atoms with Crippen molar-refractivity contribution in [1.82, 2.24) is 19.7 Å². The highest BCUT2D eigenvalue weighted by Crippen LogP contribution is 2.19. The lowest BCUT2D eigenvalue weighted by Crippen LogP contribution is -2.09. The van der Waals surface area contributed by atoms with E-state index >= 15 is 0 Å². The van der Waals surface area contributed by atoms with Crippen molar-refractivity contribution < 1.29 is 4.74 Å². The second kappa shape index (κ2) is 6.67. The van der Waals surface area contributed by atoms with E-state index in [4.69, 9.17) is 4.74 Å². The Hall–Kier alpha value is -1.95. The van der Waals surface area contributed by atoms with Crippen molar-refractivity contribution >= 4 is 5.82 Å². The molecule has 114 valence electrons. The smallest absolute Gasteiger partial charge is 0.159 e. The average Bonchev–Trinajstić information content (AvgIpc) is 2.79. The third-order valence-corrected chi connectivity index (χ3v) is 3.46. The Bertz CT molecular complexity index is 621. The highest BCUT2D eigenvalue weighted by atomic mass is 16.5. The summed E-state index contributed by atoms with van der Waals surface area (Å²) in [5.41, 5.74) is 3.44. The highest BCUT2D eigenvalue weighted by molar-refractivity contribution is 5.42. The summed E-state index contributed by atoms with van der Waals surface area (Å²) in [6.07, 6.45) is 0.966. The van der Waals surface area contributed by atoms with E-state index < -0.39 is 0 Å². The van der Waals surface area contributed by atoms with Gasteiger partial charge in [-0.1, -0.05) is 6.92 Å². The van der Waals surface area contributed by atoms with Gasteiger partial charge in [0.1, 0.15) is 12.4 Å². The molecule has 0 saturated heterocycles. The second-order valence-corrected chi connectivity index (χ2v) is 4.83. The van der Waals surface area contributed by atoms with Crippen LogP contribution in [0.1, 0.15) is 36.6 Å². The van der Waals surface area contributed by atoms with Crippen LogP contribution in [0.5, 0.6) is 0 Å². The van der Waals surface area contributed by atoms with Crippen LogP contribution in [0.15, 0.2) is 6.07 Å². The van der Waals surface area contributed by atoms with E-state index in [0.29, 0.717) is 19.0 Å². The Morgan fingerprint density at radius 3 is 2.57 bits per heavy atom. The molecule has 1 N–H and O–H groups in total. The first-order valence-corrected chi connectivity index (χ1v) is 7.29. The van der Waals surface area contributed by atoms with E-state index in [2.05, 4.69) is 34.2 Å².